The Morgan fingerprint density at radius 3 is 2.74 bits per heavy atom. The van der Waals surface area contributed by atoms with E-state index in [0.29, 0.717) is 23.9 Å². The van der Waals surface area contributed by atoms with E-state index in [4.69, 9.17) is 0 Å². The topological polar surface area (TPSA) is 98.8 Å². The zero-order valence-electron chi connectivity index (χ0n) is 10.9. The Morgan fingerprint density at radius 1 is 1.47 bits per heavy atom. The second-order valence-electron chi connectivity index (χ2n) is 3.96. The molecular weight excluding hydrogens is 248 g/mol. The monoisotopic (exact) mass is 262 g/mol. The quantitative estimate of drug-likeness (QED) is 0.662. The second-order valence-corrected chi connectivity index (χ2v) is 3.96. The van der Waals surface area contributed by atoms with Crippen LogP contribution in [0.5, 0.6) is 0 Å². The van der Waals surface area contributed by atoms with Crippen LogP contribution in [0.4, 0.5) is 11.6 Å². The van der Waals surface area contributed by atoms with E-state index < -0.39 is 4.92 Å². The number of nitrogens with zero attached hydrogens (tertiary/aromatic N) is 5. The van der Waals surface area contributed by atoms with E-state index in [0.717, 1.165) is 0 Å². The van der Waals surface area contributed by atoms with Gasteiger partial charge in [-0.25, -0.2) is 9.97 Å². The summed E-state index contributed by atoms with van der Waals surface area (Å²) in [5, 5.41) is 18.2. The maximum absolute atomic E-state index is 11.2. The van der Waals surface area contributed by atoms with Gasteiger partial charge in [0.2, 0.25) is 5.95 Å². The molecule has 1 N–H and O–H groups in total. The fourth-order valence-corrected chi connectivity index (χ4v) is 1.81. The molecule has 0 aliphatic rings. The highest BCUT2D eigenvalue weighted by atomic mass is 16.6. The van der Waals surface area contributed by atoms with Crippen molar-refractivity contribution in [1.82, 2.24) is 19.7 Å². The molecule has 2 rings (SSSR count). The first-order valence-electron chi connectivity index (χ1n) is 5.79. The highest BCUT2D eigenvalue weighted by Crippen LogP contribution is 2.30. The van der Waals surface area contributed by atoms with Crippen molar-refractivity contribution in [2.24, 2.45) is 7.05 Å². The number of rotatable bonds is 4. The third kappa shape index (κ3) is 2.37. The molecule has 0 spiro atoms. The highest BCUT2D eigenvalue weighted by Gasteiger charge is 2.24. The molecule has 0 aliphatic heterocycles. The zero-order valence-corrected chi connectivity index (χ0v) is 10.9. The van der Waals surface area contributed by atoms with Gasteiger partial charge in [0.1, 0.15) is 5.69 Å². The standard InChI is InChI=1S/C11H14N6O2/c1-4-12-11-14-7(2)10(17(18)19)9(15-11)8-5-6-13-16(8)3/h5-6H,4H2,1-3H3,(H,12,14,15). The van der Waals surface area contributed by atoms with Gasteiger partial charge >= 0.3 is 5.69 Å². The first-order valence-corrected chi connectivity index (χ1v) is 5.79. The molecule has 0 unspecified atom stereocenters. The van der Waals surface area contributed by atoms with Crippen LogP contribution < -0.4 is 5.32 Å². The number of nitro groups is 1. The van der Waals surface area contributed by atoms with E-state index in [1.165, 1.54) is 0 Å². The molecule has 0 aromatic carbocycles. The maximum Gasteiger partial charge on any atom is 0.318 e. The van der Waals surface area contributed by atoms with Gasteiger partial charge in [0.05, 0.1) is 10.6 Å². The zero-order chi connectivity index (χ0) is 14.0. The van der Waals surface area contributed by atoms with Gasteiger partial charge in [-0.3, -0.25) is 14.8 Å². The first kappa shape index (κ1) is 12.9. The van der Waals surface area contributed by atoms with Crippen molar-refractivity contribution in [2.75, 3.05) is 11.9 Å². The van der Waals surface area contributed by atoms with Gasteiger partial charge in [0.25, 0.3) is 0 Å². The van der Waals surface area contributed by atoms with E-state index in [9.17, 15) is 10.1 Å². The van der Waals surface area contributed by atoms with Gasteiger partial charge in [-0.2, -0.15) is 5.10 Å². The van der Waals surface area contributed by atoms with Crippen LogP contribution in [0.15, 0.2) is 12.3 Å². The van der Waals surface area contributed by atoms with E-state index in [-0.39, 0.29) is 11.4 Å². The second kappa shape index (κ2) is 5.01. The number of anilines is 1. The SMILES string of the molecule is CCNc1nc(C)c([N+](=O)[O-])c(-c2ccnn2C)n1. The summed E-state index contributed by atoms with van der Waals surface area (Å²) in [4.78, 5) is 19.0. The Hall–Kier alpha value is -2.51. The van der Waals surface area contributed by atoms with E-state index in [2.05, 4.69) is 20.4 Å². The third-order valence-electron chi connectivity index (χ3n) is 2.64. The fraction of sp³-hybridized carbons (Fsp3) is 0.364. The molecule has 0 bridgehead atoms. The normalized spacial score (nSPS) is 10.5. The van der Waals surface area contributed by atoms with E-state index >= 15 is 0 Å². The fourth-order valence-electron chi connectivity index (χ4n) is 1.81. The summed E-state index contributed by atoms with van der Waals surface area (Å²) in [7, 11) is 1.71. The molecule has 2 heterocycles. The van der Waals surface area contributed by atoms with Crippen molar-refractivity contribution in [3.63, 3.8) is 0 Å². The average molecular weight is 262 g/mol. The van der Waals surface area contributed by atoms with E-state index in [1.807, 2.05) is 6.92 Å². The molecule has 8 nitrogen and oxygen atoms in total. The van der Waals surface area contributed by atoms with Gasteiger partial charge < -0.3 is 5.32 Å². The lowest BCUT2D eigenvalue weighted by molar-refractivity contribution is -0.385. The number of hydrogen-bond donors (Lipinski definition) is 1. The van der Waals surface area contributed by atoms with Crippen LogP contribution in [0.25, 0.3) is 11.4 Å². The predicted molar refractivity (Wildman–Crippen MR) is 69.8 cm³/mol. The van der Waals surface area contributed by atoms with Crippen molar-refractivity contribution >= 4 is 11.6 Å². The Kier molecular flexibility index (Phi) is 3.41. The van der Waals surface area contributed by atoms with Crippen LogP contribution in [0, 0.1) is 17.0 Å². The summed E-state index contributed by atoms with van der Waals surface area (Å²) in [5.41, 5.74) is 1.09. The smallest absolute Gasteiger partial charge is 0.318 e. The summed E-state index contributed by atoms with van der Waals surface area (Å²) in [6, 6.07) is 1.69. The van der Waals surface area contributed by atoms with Crippen molar-refractivity contribution in [2.45, 2.75) is 13.8 Å². The van der Waals surface area contributed by atoms with Crippen LogP contribution in [-0.4, -0.2) is 31.2 Å². The van der Waals surface area contributed by atoms with E-state index in [1.54, 1.807) is 30.9 Å². The molecule has 0 saturated heterocycles. The van der Waals surface area contributed by atoms with Gasteiger partial charge in [-0.05, 0) is 19.9 Å². The molecular formula is C11H14N6O2. The lowest BCUT2D eigenvalue weighted by Gasteiger charge is -2.08. The van der Waals surface area contributed by atoms with Crippen molar-refractivity contribution in [3.05, 3.63) is 28.1 Å². The molecule has 19 heavy (non-hydrogen) atoms. The van der Waals surface area contributed by atoms with Gasteiger partial charge in [-0.15, -0.1) is 0 Å². The van der Waals surface area contributed by atoms with Crippen LogP contribution in [-0.2, 0) is 7.05 Å². The lowest BCUT2D eigenvalue weighted by atomic mass is 10.2. The van der Waals surface area contributed by atoms with Crippen LogP contribution in [0.2, 0.25) is 0 Å². The summed E-state index contributed by atoms with van der Waals surface area (Å²) in [6.07, 6.45) is 1.57. The summed E-state index contributed by atoms with van der Waals surface area (Å²) < 4.78 is 1.55. The van der Waals surface area contributed by atoms with Crippen LogP contribution in [0.3, 0.4) is 0 Å². The molecule has 0 fully saturated rings. The molecule has 0 atom stereocenters. The summed E-state index contributed by atoms with van der Waals surface area (Å²) in [6.45, 7) is 4.15. The number of hydrogen-bond acceptors (Lipinski definition) is 6. The number of nitrogens with one attached hydrogen (secondary N) is 1. The molecule has 8 heteroatoms. The molecule has 2 aromatic heterocycles. The average Bonchev–Trinajstić information content (AvgIpc) is 2.74. The maximum atomic E-state index is 11.2. The minimum absolute atomic E-state index is 0.0924. The largest absolute Gasteiger partial charge is 0.354 e. The van der Waals surface area contributed by atoms with Gasteiger partial charge in [0, 0.05) is 19.8 Å². The number of aromatic nitrogens is 4. The predicted octanol–water partition coefficient (Wildman–Crippen LogP) is 1.53. The Balaban J connectivity index is 2.68. The number of aryl methyl sites for hydroxylation is 2. The van der Waals surface area contributed by atoms with Crippen molar-refractivity contribution in [3.8, 4) is 11.4 Å². The third-order valence-corrected chi connectivity index (χ3v) is 2.64. The summed E-state index contributed by atoms with van der Waals surface area (Å²) in [5.74, 6) is 0.377. The molecule has 0 aliphatic carbocycles. The van der Waals surface area contributed by atoms with Crippen LogP contribution in [0.1, 0.15) is 12.6 Å². The first-order chi connectivity index (χ1) is 9.04. The van der Waals surface area contributed by atoms with Gasteiger partial charge in [-0.1, -0.05) is 0 Å². The lowest BCUT2D eigenvalue weighted by Crippen LogP contribution is -2.08. The molecule has 2 aromatic rings. The Bertz CT molecular complexity index is 622. The minimum atomic E-state index is -0.465. The Labute approximate surface area is 109 Å². The minimum Gasteiger partial charge on any atom is -0.354 e. The Morgan fingerprint density at radius 2 is 2.21 bits per heavy atom. The van der Waals surface area contributed by atoms with Crippen LogP contribution >= 0.6 is 0 Å². The molecule has 0 amide bonds. The highest BCUT2D eigenvalue weighted by molar-refractivity contribution is 5.69. The van der Waals surface area contributed by atoms with Crippen molar-refractivity contribution < 1.29 is 4.92 Å². The van der Waals surface area contributed by atoms with Crippen molar-refractivity contribution in [1.29, 1.82) is 0 Å². The molecule has 100 valence electrons. The van der Waals surface area contributed by atoms with Gasteiger partial charge in [0.15, 0.2) is 5.69 Å². The molecule has 0 saturated carbocycles. The molecule has 0 radical (unpaired) electrons. The summed E-state index contributed by atoms with van der Waals surface area (Å²) >= 11 is 0.